The zero-order chi connectivity index (χ0) is 16.4. The second kappa shape index (κ2) is 6.18. The maximum absolute atomic E-state index is 12.6. The Morgan fingerprint density at radius 3 is 2.36 bits per heavy atom. The molecule has 0 amide bonds. The Morgan fingerprint density at radius 2 is 1.82 bits per heavy atom. The summed E-state index contributed by atoms with van der Waals surface area (Å²) in [4.78, 5) is 23.5. The van der Waals surface area contributed by atoms with Gasteiger partial charge in [0.1, 0.15) is 0 Å². The Bertz CT molecular complexity index is 772. The summed E-state index contributed by atoms with van der Waals surface area (Å²) in [6, 6.07) is 9.50. The van der Waals surface area contributed by atoms with Crippen molar-refractivity contribution in [1.29, 1.82) is 0 Å². The van der Waals surface area contributed by atoms with E-state index in [9.17, 15) is 9.59 Å². The summed E-state index contributed by atoms with van der Waals surface area (Å²) in [6.45, 7) is 7.94. The van der Waals surface area contributed by atoms with E-state index in [0.717, 1.165) is 16.8 Å². The van der Waals surface area contributed by atoms with Crippen LogP contribution in [0.2, 0.25) is 0 Å². The van der Waals surface area contributed by atoms with Crippen molar-refractivity contribution >= 4 is 5.97 Å². The Hall–Kier alpha value is -2.36. The largest absolute Gasteiger partial charge is 0.481 e. The van der Waals surface area contributed by atoms with Gasteiger partial charge in [0.05, 0.1) is 12.1 Å². The molecule has 2 rings (SSSR count). The number of hydrogen-bond acceptors (Lipinski definition) is 2. The molecule has 116 valence electrons. The molecule has 0 fully saturated rings. The molecule has 0 atom stereocenters. The van der Waals surface area contributed by atoms with Crippen LogP contribution in [0.3, 0.4) is 0 Å². The molecule has 1 heterocycles. The third kappa shape index (κ3) is 3.11. The zero-order valence-corrected chi connectivity index (χ0v) is 13.4. The van der Waals surface area contributed by atoms with Crippen molar-refractivity contribution in [3.8, 4) is 11.3 Å². The van der Waals surface area contributed by atoms with Gasteiger partial charge in [0, 0.05) is 11.6 Å². The molecule has 0 aliphatic heterocycles. The molecule has 4 heteroatoms. The number of carbonyl (C=O) groups is 1. The molecule has 0 saturated heterocycles. The summed E-state index contributed by atoms with van der Waals surface area (Å²) in [7, 11) is 0. The van der Waals surface area contributed by atoms with Crippen LogP contribution in [0.4, 0.5) is 0 Å². The predicted octanol–water partition coefficient (Wildman–Crippen LogP) is 3.34. The van der Waals surface area contributed by atoms with E-state index >= 15 is 0 Å². The number of carboxylic acid groups (broad SMARTS) is 1. The molecular weight excluding hydrogens is 278 g/mol. The molecule has 0 saturated carbocycles. The van der Waals surface area contributed by atoms with Gasteiger partial charge in [-0.1, -0.05) is 18.2 Å². The number of benzene rings is 1. The second-order valence-corrected chi connectivity index (χ2v) is 5.88. The van der Waals surface area contributed by atoms with Crippen LogP contribution < -0.4 is 5.56 Å². The molecular formula is C18H21NO3. The highest BCUT2D eigenvalue weighted by Crippen LogP contribution is 2.24. The first-order valence-corrected chi connectivity index (χ1v) is 7.35. The maximum Gasteiger partial charge on any atom is 0.308 e. The lowest BCUT2D eigenvalue weighted by atomic mass is 10.0. The monoisotopic (exact) mass is 299 g/mol. The highest BCUT2D eigenvalue weighted by Gasteiger charge is 2.15. The van der Waals surface area contributed by atoms with Crippen molar-refractivity contribution in [3.63, 3.8) is 0 Å². The number of nitrogens with zero attached hydrogens (tertiary/aromatic N) is 1. The van der Waals surface area contributed by atoms with Crippen molar-refractivity contribution in [2.75, 3.05) is 0 Å². The van der Waals surface area contributed by atoms with Crippen LogP contribution in [0, 0.1) is 13.8 Å². The van der Waals surface area contributed by atoms with Crippen LogP contribution in [0.15, 0.2) is 35.1 Å². The lowest BCUT2D eigenvalue weighted by molar-refractivity contribution is -0.136. The molecule has 4 nitrogen and oxygen atoms in total. The summed E-state index contributed by atoms with van der Waals surface area (Å²) in [5.41, 5.74) is 4.23. The Labute approximate surface area is 130 Å². The fourth-order valence-corrected chi connectivity index (χ4v) is 2.54. The van der Waals surface area contributed by atoms with Gasteiger partial charge in [-0.05, 0) is 56.5 Å². The summed E-state index contributed by atoms with van der Waals surface area (Å²) in [6.07, 6.45) is -0.251. The van der Waals surface area contributed by atoms with Gasteiger partial charge >= 0.3 is 5.97 Å². The van der Waals surface area contributed by atoms with E-state index in [0.29, 0.717) is 5.56 Å². The SMILES string of the molecule is Cc1ccc(-c2ccc(CC(=O)O)c(=O)n2C(C)C)cc1C. The smallest absolute Gasteiger partial charge is 0.308 e. The van der Waals surface area contributed by atoms with Gasteiger partial charge < -0.3 is 9.67 Å². The molecule has 1 aromatic heterocycles. The quantitative estimate of drug-likeness (QED) is 0.942. The molecule has 0 unspecified atom stereocenters. The van der Waals surface area contributed by atoms with Crippen LogP contribution in [0.1, 0.15) is 36.6 Å². The van der Waals surface area contributed by atoms with Crippen LogP contribution in [0.5, 0.6) is 0 Å². The molecule has 0 aliphatic carbocycles. The molecule has 0 radical (unpaired) electrons. The number of hydrogen-bond donors (Lipinski definition) is 1. The zero-order valence-electron chi connectivity index (χ0n) is 13.4. The topological polar surface area (TPSA) is 59.3 Å². The molecule has 0 bridgehead atoms. The number of aromatic nitrogens is 1. The fourth-order valence-electron chi connectivity index (χ4n) is 2.54. The van der Waals surface area contributed by atoms with Crippen LogP contribution in [-0.2, 0) is 11.2 Å². The predicted molar refractivity (Wildman–Crippen MR) is 87.3 cm³/mol. The van der Waals surface area contributed by atoms with Crippen LogP contribution in [0.25, 0.3) is 11.3 Å². The minimum absolute atomic E-state index is 0.0437. The van der Waals surface area contributed by atoms with Crippen LogP contribution >= 0.6 is 0 Å². The molecule has 22 heavy (non-hydrogen) atoms. The Kier molecular flexibility index (Phi) is 4.50. The molecule has 1 N–H and O–H groups in total. The Balaban J connectivity index is 2.66. The van der Waals surface area contributed by atoms with E-state index in [1.807, 2.05) is 45.9 Å². The van der Waals surface area contributed by atoms with Gasteiger partial charge in [-0.25, -0.2) is 0 Å². The lowest BCUT2D eigenvalue weighted by Crippen LogP contribution is -2.27. The second-order valence-electron chi connectivity index (χ2n) is 5.88. The third-order valence-corrected chi connectivity index (χ3v) is 3.86. The third-order valence-electron chi connectivity index (χ3n) is 3.86. The number of rotatable bonds is 4. The average Bonchev–Trinajstić information content (AvgIpc) is 2.43. The van der Waals surface area contributed by atoms with Crippen molar-refractivity contribution in [1.82, 2.24) is 4.57 Å². The molecule has 1 aromatic carbocycles. The van der Waals surface area contributed by atoms with E-state index in [-0.39, 0.29) is 18.0 Å². The number of carboxylic acids is 1. The molecule has 0 spiro atoms. The number of aryl methyl sites for hydroxylation is 2. The van der Waals surface area contributed by atoms with Crippen molar-refractivity contribution in [3.05, 3.63) is 57.4 Å². The highest BCUT2D eigenvalue weighted by atomic mass is 16.4. The summed E-state index contributed by atoms with van der Waals surface area (Å²) >= 11 is 0. The van der Waals surface area contributed by atoms with E-state index in [4.69, 9.17) is 5.11 Å². The summed E-state index contributed by atoms with van der Waals surface area (Å²) in [5, 5.41) is 8.93. The lowest BCUT2D eigenvalue weighted by Gasteiger charge is -2.18. The number of pyridine rings is 1. The highest BCUT2D eigenvalue weighted by molar-refractivity contribution is 5.70. The van der Waals surface area contributed by atoms with Gasteiger partial charge in [-0.3, -0.25) is 9.59 Å². The minimum atomic E-state index is -0.994. The Morgan fingerprint density at radius 1 is 1.14 bits per heavy atom. The van der Waals surface area contributed by atoms with Gasteiger partial charge in [0.2, 0.25) is 0 Å². The average molecular weight is 299 g/mol. The maximum atomic E-state index is 12.6. The van der Waals surface area contributed by atoms with Gasteiger partial charge in [0.25, 0.3) is 5.56 Å². The first-order chi connectivity index (χ1) is 10.3. The first kappa shape index (κ1) is 16.0. The van der Waals surface area contributed by atoms with Crippen molar-refractivity contribution in [2.45, 2.75) is 40.2 Å². The standard InChI is InChI=1S/C18H21NO3/c1-11(2)19-16(14-6-5-12(3)13(4)9-14)8-7-15(18(19)22)10-17(20)21/h5-9,11H,10H2,1-4H3,(H,20,21). The van der Waals surface area contributed by atoms with Gasteiger partial charge in [0.15, 0.2) is 0 Å². The normalized spacial score (nSPS) is 11.0. The molecule has 0 aliphatic rings. The van der Waals surface area contributed by atoms with Crippen LogP contribution in [-0.4, -0.2) is 15.6 Å². The molecule has 2 aromatic rings. The van der Waals surface area contributed by atoms with E-state index in [1.165, 1.54) is 5.56 Å². The first-order valence-electron chi connectivity index (χ1n) is 7.35. The number of aliphatic carboxylic acids is 1. The van der Waals surface area contributed by atoms with Crippen molar-refractivity contribution in [2.24, 2.45) is 0 Å². The van der Waals surface area contributed by atoms with E-state index < -0.39 is 5.97 Å². The fraction of sp³-hybridized carbons (Fsp3) is 0.333. The summed E-state index contributed by atoms with van der Waals surface area (Å²) < 4.78 is 1.67. The summed E-state index contributed by atoms with van der Waals surface area (Å²) in [5.74, 6) is -0.994. The van der Waals surface area contributed by atoms with Crippen molar-refractivity contribution < 1.29 is 9.90 Å². The van der Waals surface area contributed by atoms with Gasteiger partial charge in [-0.15, -0.1) is 0 Å². The minimum Gasteiger partial charge on any atom is -0.481 e. The van der Waals surface area contributed by atoms with E-state index in [2.05, 4.69) is 6.07 Å². The van der Waals surface area contributed by atoms with Gasteiger partial charge in [-0.2, -0.15) is 0 Å². The van der Waals surface area contributed by atoms with E-state index in [1.54, 1.807) is 10.6 Å².